The zero-order valence-corrected chi connectivity index (χ0v) is 16.2. The molecule has 0 unspecified atom stereocenters. The van der Waals surface area contributed by atoms with Crippen molar-refractivity contribution in [3.63, 3.8) is 0 Å². The van der Waals surface area contributed by atoms with Crippen molar-refractivity contribution in [3.05, 3.63) is 69.7 Å². The van der Waals surface area contributed by atoms with E-state index in [1.165, 1.54) is 0 Å². The minimum Gasteiger partial charge on any atom is -0.272 e. The Bertz CT molecular complexity index is 918. The predicted molar refractivity (Wildman–Crippen MR) is 107 cm³/mol. The molecule has 1 aliphatic heterocycles. The number of hydrogen-bond donors (Lipinski definition) is 0. The molecule has 0 aromatic heterocycles. The largest absolute Gasteiger partial charge is 0.272 e. The number of nitrogens with zero attached hydrogens (tertiary/aromatic N) is 2. The van der Waals surface area contributed by atoms with E-state index < -0.39 is 5.66 Å². The molecule has 0 radical (unpaired) electrons. The molecule has 0 saturated carbocycles. The van der Waals surface area contributed by atoms with Gasteiger partial charge in [-0.3, -0.25) is 14.7 Å². The average molecular weight is 371 g/mol. The van der Waals surface area contributed by atoms with Crippen LogP contribution in [0.2, 0.25) is 5.02 Å². The van der Waals surface area contributed by atoms with Gasteiger partial charge in [0.1, 0.15) is 16.4 Å². The van der Waals surface area contributed by atoms with Crippen molar-refractivity contribution in [2.75, 3.05) is 0 Å². The second-order valence-electron chi connectivity index (χ2n) is 6.71. The highest BCUT2D eigenvalue weighted by Gasteiger charge is 2.42. The summed E-state index contributed by atoms with van der Waals surface area (Å²) >= 11 is 11.7. The van der Waals surface area contributed by atoms with E-state index in [0.29, 0.717) is 21.3 Å². The summed E-state index contributed by atoms with van der Waals surface area (Å²) in [7, 11) is 0. The number of aliphatic imine (C=N–C) groups is 1. The summed E-state index contributed by atoms with van der Waals surface area (Å²) in [5, 5.41) is 0.611. The topological polar surface area (TPSA) is 32.7 Å². The molecule has 3 rings (SSSR count). The number of carbonyl (C=O) groups excluding carboxylic acids is 1. The van der Waals surface area contributed by atoms with E-state index in [9.17, 15) is 4.79 Å². The second-order valence-corrected chi connectivity index (χ2v) is 7.53. The van der Waals surface area contributed by atoms with Crippen molar-refractivity contribution in [2.24, 2.45) is 4.99 Å². The summed E-state index contributed by atoms with van der Waals surface area (Å²) in [6, 6.07) is 13.0. The van der Waals surface area contributed by atoms with Crippen LogP contribution < -0.4 is 0 Å². The van der Waals surface area contributed by atoms with E-state index in [4.69, 9.17) is 28.8 Å². The van der Waals surface area contributed by atoms with Crippen molar-refractivity contribution in [1.82, 2.24) is 4.90 Å². The lowest BCUT2D eigenvalue weighted by molar-refractivity contribution is 0.0758. The van der Waals surface area contributed by atoms with Crippen LogP contribution in [0, 0.1) is 13.8 Å². The molecule has 2 aromatic rings. The summed E-state index contributed by atoms with van der Waals surface area (Å²) in [5.41, 5.74) is 3.53. The van der Waals surface area contributed by atoms with Crippen LogP contribution in [-0.4, -0.2) is 27.2 Å². The normalized spacial score (nSPS) is 16.1. The number of hydrogen-bond acceptors (Lipinski definition) is 3. The van der Waals surface area contributed by atoms with Gasteiger partial charge in [0.25, 0.3) is 5.91 Å². The number of carbonyl (C=O) groups is 1. The molecule has 5 heteroatoms. The Hall–Kier alpha value is -2.04. The molecule has 1 aliphatic rings. The molecule has 0 N–H and O–H groups in total. The summed E-state index contributed by atoms with van der Waals surface area (Å²) in [5.74, 6) is -0.140. The molecule has 25 heavy (non-hydrogen) atoms. The van der Waals surface area contributed by atoms with Crippen molar-refractivity contribution in [3.8, 4) is 0 Å². The number of amides is 1. The maximum Gasteiger partial charge on any atom is 0.260 e. The van der Waals surface area contributed by atoms with Gasteiger partial charge in [0.2, 0.25) is 0 Å². The molecule has 128 valence electrons. The maximum absolute atomic E-state index is 13.1. The molecule has 0 saturated heterocycles. The van der Waals surface area contributed by atoms with Gasteiger partial charge < -0.3 is 0 Å². The smallest absolute Gasteiger partial charge is 0.260 e. The minimum absolute atomic E-state index is 0.140. The number of benzene rings is 2. The van der Waals surface area contributed by atoms with Crippen LogP contribution in [0.1, 0.15) is 40.9 Å². The molecule has 0 fully saturated rings. The quantitative estimate of drug-likeness (QED) is 0.699. The van der Waals surface area contributed by atoms with Gasteiger partial charge in [-0.25, -0.2) is 0 Å². The first-order valence-corrected chi connectivity index (χ1v) is 8.81. The second kappa shape index (κ2) is 6.36. The zero-order chi connectivity index (χ0) is 18.4. The van der Waals surface area contributed by atoms with Gasteiger partial charge in [-0.1, -0.05) is 42.0 Å². The lowest BCUT2D eigenvalue weighted by Gasteiger charge is -2.29. The van der Waals surface area contributed by atoms with Crippen LogP contribution >= 0.6 is 23.8 Å². The van der Waals surface area contributed by atoms with Crippen LogP contribution in [0.4, 0.5) is 0 Å². The summed E-state index contributed by atoms with van der Waals surface area (Å²) in [6.45, 7) is 7.79. The number of rotatable bonds is 2. The van der Waals surface area contributed by atoms with Crippen LogP contribution in [0.15, 0.2) is 47.5 Å². The first-order chi connectivity index (χ1) is 11.7. The van der Waals surface area contributed by atoms with Gasteiger partial charge in [0, 0.05) is 16.1 Å². The fraction of sp³-hybridized carbons (Fsp3) is 0.250. The molecule has 0 aliphatic carbocycles. The molecule has 0 bridgehead atoms. The molecule has 0 spiro atoms. The van der Waals surface area contributed by atoms with Gasteiger partial charge >= 0.3 is 0 Å². The van der Waals surface area contributed by atoms with Crippen LogP contribution in [0.5, 0.6) is 0 Å². The lowest BCUT2D eigenvalue weighted by Crippen LogP contribution is -2.46. The highest BCUT2D eigenvalue weighted by atomic mass is 35.5. The van der Waals surface area contributed by atoms with E-state index in [0.717, 1.165) is 16.7 Å². The molecule has 2 aromatic carbocycles. The van der Waals surface area contributed by atoms with Crippen molar-refractivity contribution in [2.45, 2.75) is 33.4 Å². The fourth-order valence-corrected chi connectivity index (χ4v) is 3.55. The predicted octanol–water partition coefficient (Wildman–Crippen LogP) is 4.97. The Morgan fingerprint density at radius 1 is 1.12 bits per heavy atom. The zero-order valence-electron chi connectivity index (χ0n) is 14.6. The van der Waals surface area contributed by atoms with Crippen LogP contribution in [-0.2, 0) is 0 Å². The third-order valence-electron chi connectivity index (χ3n) is 4.39. The van der Waals surface area contributed by atoms with Crippen LogP contribution in [0.25, 0.3) is 0 Å². The number of halogens is 1. The SMILES string of the molecule is Cc1ccc(C(=O)N2C(=S)C(c3cccc(Cl)c3)=NC2(C)C)cc1C. The van der Waals surface area contributed by atoms with Crippen molar-refractivity contribution < 1.29 is 4.79 Å². The minimum atomic E-state index is -0.745. The highest BCUT2D eigenvalue weighted by Crippen LogP contribution is 2.30. The van der Waals surface area contributed by atoms with Crippen molar-refractivity contribution in [1.29, 1.82) is 0 Å². The van der Waals surface area contributed by atoms with E-state index in [1.54, 1.807) is 11.0 Å². The Balaban J connectivity index is 1.99. The van der Waals surface area contributed by atoms with E-state index >= 15 is 0 Å². The molecular formula is C20H19ClN2OS. The first-order valence-electron chi connectivity index (χ1n) is 8.02. The third-order valence-corrected chi connectivity index (χ3v) is 5.00. The Labute approximate surface area is 158 Å². The van der Waals surface area contributed by atoms with Gasteiger partial charge in [0.15, 0.2) is 0 Å². The van der Waals surface area contributed by atoms with Crippen LogP contribution in [0.3, 0.4) is 0 Å². The average Bonchev–Trinajstić information content (AvgIpc) is 2.79. The fourth-order valence-electron chi connectivity index (χ4n) is 2.89. The van der Waals surface area contributed by atoms with Gasteiger partial charge in [-0.2, -0.15) is 0 Å². The van der Waals surface area contributed by atoms with Gasteiger partial charge in [-0.15, -0.1) is 0 Å². The lowest BCUT2D eigenvalue weighted by atomic mass is 10.0. The van der Waals surface area contributed by atoms with E-state index in [2.05, 4.69) is 0 Å². The standard InChI is InChI=1S/C20H19ClN2OS/c1-12-8-9-15(10-13(12)2)18(24)23-19(25)17(22-20(23,3)4)14-6-5-7-16(21)11-14/h5-11H,1-4H3. The summed E-state index contributed by atoms with van der Waals surface area (Å²) in [4.78, 5) is 19.8. The molecule has 1 amide bonds. The first kappa shape index (κ1) is 17.8. The number of thiocarbonyl (C=S) groups is 1. The highest BCUT2D eigenvalue weighted by molar-refractivity contribution is 7.82. The summed E-state index contributed by atoms with van der Waals surface area (Å²) < 4.78 is 0. The monoisotopic (exact) mass is 370 g/mol. The van der Waals surface area contributed by atoms with Gasteiger partial charge in [-0.05, 0) is 63.1 Å². The Morgan fingerprint density at radius 3 is 2.48 bits per heavy atom. The molecular weight excluding hydrogens is 352 g/mol. The summed E-state index contributed by atoms with van der Waals surface area (Å²) in [6.07, 6.45) is 0. The van der Waals surface area contributed by atoms with E-state index in [1.807, 2.05) is 64.1 Å². The van der Waals surface area contributed by atoms with Crippen molar-refractivity contribution >= 4 is 40.4 Å². The Morgan fingerprint density at radius 2 is 1.84 bits per heavy atom. The molecule has 1 heterocycles. The maximum atomic E-state index is 13.1. The Kier molecular flexibility index (Phi) is 4.52. The molecule has 3 nitrogen and oxygen atoms in total. The van der Waals surface area contributed by atoms with E-state index in [-0.39, 0.29) is 5.91 Å². The third kappa shape index (κ3) is 3.24. The number of aryl methyl sites for hydroxylation is 2. The molecule has 0 atom stereocenters. The van der Waals surface area contributed by atoms with Gasteiger partial charge in [0.05, 0.1) is 0 Å².